The van der Waals surface area contributed by atoms with Crippen LogP contribution in [0.3, 0.4) is 0 Å². The number of hydrogen-bond donors (Lipinski definition) is 1. The van der Waals surface area contributed by atoms with Gasteiger partial charge in [0, 0.05) is 10.9 Å². The molecule has 0 aliphatic rings. The molecule has 0 radical (unpaired) electrons. The lowest BCUT2D eigenvalue weighted by molar-refractivity contribution is 0.603. The highest BCUT2D eigenvalue weighted by Gasteiger charge is 2.04. The molecule has 0 aliphatic heterocycles. The molecule has 1 atom stereocenters. The van der Waals surface area contributed by atoms with E-state index in [-0.39, 0.29) is 6.04 Å². The lowest BCUT2D eigenvalue weighted by atomic mass is 10.0. The summed E-state index contributed by atoms with van der Waals surface area (Å²) in [5.74, 6) is 1.13. The third-order valence-corrected chi connectivity index (χ3v) is 3.38. The molecule has 2 N–H and O–H groups in total. The summed E-state index contributed by atoms with van der Waals surface area (Å²) in [6, 6.07) is 8.90. The van der Waals surface area contributed by atoms with Gasteiger partial charge in [-0.25, -0.2) is 0 Å². The van der Waals surface area contributed by atoms with E-state index in [4.69, 9.17) is 5.73 Å². The van der Waals surface area contributed by atoms with Crippen LogP contribution in [0.15, 0.2) is 29.2 Å². The van der Waals surface area contributed by atoms with Gasteiger partial charge in [0.25, 0.3) is 0 Å². The fourth-order valence-electron chi connectivity index (χ4n) is 1.57. The van der Waals surface area contributed by atoms with Gasteiger partial charge in [0.1, 0.15) is 0 Å². The minimum atomic E-state index is 0.214. The standard InChI is InChI=1S/C13H21NS/c1-3-5-6-13(14)11-7-9-12(10-8-11)15-4-2/h7-10,13H,3-6,14H2,1-2H3/t13-/m0/s1. The Bertz CT molecular complexity index is 268. The molecule has 0 unspecified atom stereocenters. The Morgan fingerprint density at radius 3 is 2.40 bits per heavy atom. The Morgan fingerprint density at radius 1 is 1.20 bits per heavy atom. The van der Waals surface area contributed by atoms with Crippen molar-refractivity contribution in [1.82, 2.24) is 0 Å². The molecule has 0 amide bonds. The second-order valence-electron chi connectivity index (χ2n) is 3.75. The third-order valence-electron chi connectivity index (χ3n) is 2.49. The molecule has 0 aromatic heterocycles. The molecule has 0 aliphatic carbocycles. The van der Waals surface area contributed by atoms with Gasteiger partial charge in [-0.3, -0.25) is 0 Å². The zero-order valence-electron chi connectivity index (χ0n) is 9.70. The van der Waals surface area contributed by atoms with E-state index in [1.807, 2.05) is 11.8 Å². The molecular weight excluding hydrogens is 202 g/mol. The summed E-state index contributed by atoms with van der Waals surface area (Å²) >= 11 is 1.87. The lowest BCUT2D eigenvalue weighted by Gasteiger charge is -2.11. The molecule has 0 fully saturated rings. The molecule has 1 nitrogen and oxygen atoms in total. The monoisotopic (exact) mass is 223 g/mol. The SMILES string of the molecule is CCCC[C@H](N)c1ccc(SCC)cc1. The highest BCUT2D eigenvalue weighted by atomic mass is 32.2. The largest absolute Gasteiger partial charge is 0.324 e. The Balaban J connectivity index is 2.54. The average Bonchev–Trinajstić information content (AvgIpc) is 2.27. The van der Waals surface area contributed by atoms with Crippen molar-refractivity contribution < 1.29 is 0 Å². The van der Waals surface area contributed by atoms with Crippen molar-refractivity contribution >= 4 is 11.8 Å². The van der Waals surface area contributed by atoms with Crippen molar-refractivity contribution in [2.24, 2.45) is 5.73 Å². The van der Waals surface area contributed by atoms with Gasteiger partial charge in [-0.15, -0.1) is 11.8 Å². The Morgan fingerprint density at radius 2 is 1.87 bits per heavy atom. The molecule has 0 bridgehead atoms. The number of benzene rings is 1. The number of unbranched alkanes of at least 4 members (excludes halogenated alkanes) is 1. The molecule has 0 saturated carbocycles. The normalized spacial score (nSPS) is 12.7. The van der Waals surface area contributed by atoms with Crippen molar-refractivity contribution in [1.29, 1.82) is 0 Å². The number of rotatable bonds is 6. The van der Waals surface area contributed by atoms with E-state index in [1.165, 1.54) is 23.3 Å². The van der Waals surface area contributed by atoms with Crippen LogP contribution in [0.4, 0.5) is 0 Å². The van der Waals surface area contributed by atoms with Crippen LogP contribution in [-0.2, 0) is 0 Å². The van der Waals surface area contributed by atoms with E-state index < -0.39 is 0 Å². The lowest BCUT2D eigenvalue weighted by Crippen LogP contribution is -2.09. The second kappa shape index (κ2) is 6.91. The van der Waals surface area contributed by atoms with Gasteiger partial charge in [-0.05, 0) is 29.9 Å². The van der Waals surface area contributed by atoms with E-state index in [2.05, 4.69) is 38.1 Å². The Kier molecular flexibility index (Phi) is 5.81. The van der Waals surface area contributed by atoms with Gasteiger partial charge in [0.2, 0.25) is 0 Å². The first-order valence-electron chi connectivity index (χ1n) is 5.76. The predicted molar refractivity (Wildman–Crippen MR) is 69.3 cm³/mol. The molecule has 2 heteroatoms. The minimum absolute atomic E-state index is 0.214. The summed E-state index contributed by atoms with van der Waals surface area (Å²) in [6.45, 7) is 4.37. The summed E-state index contributed by atoms with van der Waals surface area (Å²) < 4.78 is 0. The van der Waals surface area contributed by atoms with Crippen molar-refractivity contribution in [3.05, 3.63) is 29.8 Å². The zero-order chi connectivity index (χ0) is 11.1. The first-order chi connectivity index (χ1) is 7.27. The number of hydrogen-bond acceptors (Lipinski definition) is 2. The average molecular weight is 223 g/mol. The molecule has 1 aromatic rings. The van der Waals surface area contributed by atoms with Crippen LogP contribution in [0.25, 0.3) is 0 Å². The highest BCUT2D eigenvalue weighted by Crippen LogP contribution is 2.22. The molecule has 1 aromatic carbocycles. The van der Waals surface area contributed by atoms with Gasteiger partial charge in [-0.1, -0.05) is 38.8 Å². The quantitative estimate of drug-likeness (QED) is 0.738. The van der Waals surface area contributed by atoms with E-state index in [9.17, 15) is 0 Å². The maximum absolute atomic E-state index is 6.10. The molecule has 0 spiro atoms. The second-order valence-corrected chi connectivity index (χ2v) is 5.09. The van der Waals surface area contributed by atoms with Gasteiger partial charge in [0.15, 0.2) is 0 Å². The van der Waals surface area contributed by atoms with Crippen LogP contribution in [0, 0.1) is 0 Å². The Labute approximate surface area is 97.4 Å². The molecule has 0 saturated heterocycles. The van der Waals surface area contributed by atoms with Crippen LogP contribution in [0.1, 0.15) is 44.7 Å². The number of nitrogens with two attached hydrogens (primary N) is 1. The smallest absolute Gasteiger partial charge is 0.0294 e. The first-order valence-corrected chi connectivity index (χ1v) is 6.74. The summed E-state index contributed by atoms with van der Waals surface area (Å²) in [5, 5.41) is 0. The summed E-state index contributed by atoms with van der Waals surface area (Å²) in [7, 11) is 0. The fourth-order valence-corrected chi connectivity index (χ4v) is 2.23. The maximum Gasteiger partial charge on any atom is 0.0294 e. The van der Waals surface area contributed by atoms with Crippen LogP contribution >= 0.6 is 11.8 Å². The van der Waals surface area contributed by atoms with Gasteiger partial charge < -0.3 is 5.73 Å². The molecule has 15 heavy (non-hydrogen) atoms. The highest BCUT2D eigenvalue weighted by molar-refractivity contribution is 7.99. The topological polar surface area (TPSA) is 26.0 Å². The van der Waals surface area contributed by atoms with Gasteiger partial charge in [-0.2, -0.15) is 0 Å². The molecular formula is C13H21NS. The van der Waals surface area contributed by atoms with E-state index in [0.717, 1.165) is 12.2 Å². The minimum Gasteiger partial charge on any atom is -0.324 e. The summed E-state index contributed by atoms with van der Waals surface area (Å²) in [5.41, 5.74) is 7.37. The van der Waals surface area contributed by atoms with Crippen molar-refractivity contribution in [2.75, 3.05) is 5.75 Å². The molecule has 0 heterocycles. The van der Waals surface area contributed by atoms with E-state index >= 15 is 0 Å². The van der Waals surface area contributed by atoms with E-state index in [1.54, 1.807) is 0 Å². The third kappa shape index (κ3) is 4.27. The molecule has 1 rings (SSSR count). The van der Waals surface area contributed by atoms with Crippen molar-refractivity contribution in [2.45, 2.75) is 44.0 Å². The van der Waals surface area contributed by atoms with Crippen molar-refractivity contribution in [3.8, 4) is 0 Å². The maximum atomic E-state index is 6.10. The van der Waals surface area contributed by atoms with Crippen molar-refractivity contribution in [3.63, 3.8) is 0 Å². The van der Waals surface area contributed by atoms with Crippen LogP contribution in [0.2, 0.25) is 0 Å². The first kappa shape index (κ1) is 12.6. The summed E-state index contributed by atoms with van der Waals surface area (Å²) in [6.07, 6.45) is 3.53. The number of thioether (sulfide) groups is 1. The van der Waals surface area contributed by atoms with E-state index in [0.29, 0.717) is 0 Å². The summed E-state index contributed by atoms with van der Waals surface area (Å²) in [4.78, 5) is 1.34. The van der Waals surface area contributed by atoms with Gasteiger partial charge in [0.05, 0.1) is 0 Å². The van der Waals surface area contributed by atoms with Gasteiger partial charge >= 0.3 is 0 Å². The molecule has 84 valence electrons. The predicted octanol–water partition coefficient (Wildman–Crippen LogP) is 3.99. The van der Waals surface area contributed by atoms with Crippen LogP contribution in [0.5, 0.6) is 0 Å². The van der Waals surface area contributed by atoms with Crippen LogP contribution < -0.4 is 5.73 Å². The zero-order valence-corrected chi connectivity index (χ0v) is 10.5. The Hall–Kier alpha value is -0.470. The van der Waals surface area contributed by atoms with Crippen LogP contribution in [-0.4, -0.2) is 5.75 Å². The fraction of sp³-hybridized carbons (Fsp3) is 0.538.